The average molecular weight is 432 g/mol. The van der Waals surface area contributed by atoms with E-state index in [-0.39, 0.29) is 11.5 Å². The lowest BCUT2D eigenvalue weighted by Crippen LogP contribution is -2.09. The Morgan fingerprint density at radius 1 is 0.844 bits per heavy atom. The fourth-order valence-electron chi connectivity index (χ4n) is 3.24. The number of rotatable bonds is 6. The summed E-state index contributed by atoms with van der Waals surface area (Å²) < 4.78 is 26.8. The summed E-state index contributed by atoms with van der Waals surface area (Å²) in [6.45, 7) is 0. The maximum absolute atomic E-state index is 12.6. The molecule has 0 amide bonds. The molecule has 4 rings (SSSR count). The van der Waals surface area contributed by atoms with Crippen LogP contribution in [-0.2, 0) is 0 Å². The number of carbonyl (C=O) groups excluding carboxylic acids is 2. The van der Waals surface area contributed by atoms with Gasteiger partial charge in [-0.2, -0.15) is 0 Å². The van der Waals surface area contributed by atoms with Gasteiger partial charge >= 0.3 is 5.97 Å². The van der Waals surface area contributed by atoms with Gasteiger partial charge in [0.2, 0.25) is 5.78 Å². The van der Waals surface area contributed by atoms with Crippen LogP contribution < -0.4 is 23.7 Å². The standard InChI is InChI=1S/C25H20O7/c1-28-17-8-9-19-21(14-17)32-23(24(19)26)12-15-5-4-6-18(11-15)31-25(27)16-7-10-20(29-2)22(13-16)30-3/h4-14H,1-3H3/b23-12-. The molecule has 1 aliphatic rings. The van der Waals surface area contributed by atoms with Crippen molar-refractivity contribution in [3.63, 3.8) is 0 Å². The number of allylic oxidation sites excluding steroid dienone is 1. The number of ether oxygens (including phenoxy) is 5. The summed E-state index contributed by atoms with van der Waals surface area (Å²) in [5.74, 6) is 1.70. The molecule has 0 aliphatic carbocycles. The molecule has 162 valence electrons. The third-order valence-corrected chi connectivity index (χ3v) is 4.86. The van der Waals surface area contributed by atoms with Gasteiger partial charge in [0.25, 0.3) is 0 Å². The van der Waals surface area contributed by atoms with Gasteiger partial charge < -0.3 is 23.7 Å². The Hall–Kier alpha value is -4.26. The Bertz CT molecular complexity index is 1230. The lowest BCUT2D eigenvalue weighted by atomic mass is 10.1. The predicted octanol–water partition coefficient (Wildman–Crippen LogP) is 4.55. The van der Waals surface area contributed by atoms with Crippen LogP contribution in [0.25, 0.3) is 6.08 Å². The third-order valence-electron chi connectivity index (χ3n) is 4.86. The van der Waals surface area contributed by atoms with Crippen molar-refractivity contribution in [2.24, 2.45) is 0 Å². The predicted molar refractivity (Wildman–Crippen MR) is 117 cm³/mol. The first-order valence-electron chi connectivity index (χ1n) is 9.69. The van der Waals surface area contributed by atoms with Crippen molar-refractivity contribution in [2.45, 2.75) is 0 Å². The van der Waals surface area contributed by atoms with E-state index in [1.807, 2.05) is 0 Å². The highest BCUT2D eigenvalue weighted by Crippen LogP contribution is 2.35. The molecular formula is C25H20O7. The third kappa shape index (κ3) is 4.13. The Morgan fingerprint density at radius 2 is 1.66 bits per heavy atom. The topological polar surface area (TPSA) is 80.3 Å². The van der Waals surface area contributed by atoms with Gasteiger partial charge in [0.15, 0.2) is 17.3 Å². The number of benzene rings is 3. The number of methoxy groups -OCH3 is 3. The van der Waals surface area contributed by atoms with Gasteiger partial charge in [-0.3, -0.25) is 4.79 Å². The molecule has 7 heteroatoms. The van der Waals surface area contributed by atoms with E-state index < -0.39 is 5.97 Å². The minimum atomic E-state index is -0.552. The lowest BCUT2D eigenvalue weighted by Gasteiger charge is -2.10. The number of Topliss-reactive ketones (excluding diaryl/α,β-unsaturated/α-hetero) is 1. The molecule has 3 aromatic carbocycles. The average Bonchev–Trinajstić information content (AvgIpc) is 3.12. The van der Waals surface area contributed by atoms with E-state index in [4.69, 9.17) is 23.7 Å². The monoisotopic (exact) mass is 432 g/mol. The number of esters is 1. The zero-order valence-corrected chi connectivity index (χ0v) is 17.7. The molecule has 0 bridgehead atoms. The normalized spacial score (nSPS) is 13.3. The number of hydrogen-bond acceptors (Lipinski definition) is 7. The van der Waals surface area contributed by atoms with Crippen LogP contribution in [0.5, 0.6) is 28.7 Å². The van der Waals surface area contributed by atoms with Crippen LogP contribution in [-0.4, -0.2) is 33.1 Å². The van der Waals surface area contributed by atoms with Crippen LogP contribution >= 0.6 is 0 Å². The van der Waals surface area contributed by atoms with Crippen LogP contribution in [0, 0.1) is 0 Å². The minimum absolute atomic E-state index is 0.177. The van der Waals surface area contributed by atoms with Crippen molar-refractivity contribution >= 4 is 17.8 Å². The maximum Gasteiger partial charge on any atom is 0.343 e. The molecule has 0 N–H and O–H groups in total. The van der Waals surface area contributed by atoms with Crippen molar-refractivity contribution in [2.75, 3.05) is 21.3 Å². The van der Waals surface area contributed by atoms with Crippen molar-refractivity contribution in [1.29, 1.82) is 0 Å². The Balaban J connectivity index is 1.53. The quantitative estimate of drug-likeness (QED) is 0.321. The first kappa shape index (κ1) is 21.0. The van der Waals surface area contributed by atoms with Gasteiger partial charge in [0.05, 0.1) is 32.5 Å². The van der Waals surface area contributed by atoms with E-state index in [0.717, 1.165) is 0 Å². The van der Waals surface area contributed by atoms with Crippen molar-refractivity contribution in [3.05, 3.63) is 83.1 Å². The molecule has 0 saturated heterocycles. The van der Waals surface area contributed by atoms with E-state index in [1.165, 1.54) is 14.2 Å². The minimum Gasteiger partial charge on any atom is -0.497 e. The molecule has 0 atom stereocenters. The van der Waals surface area contributed by atoms with Gasteiger partial charge in [-0.05, 0) is 54.1 Å². The van der Waals surface area contributed by atoms with E-state index in [1.54, 1.807) is 73.8 Å². The van der Waals surface area contributed by atoms with Gasteiger partial charge in [-0.1, -0.05) is 12.1 Å². The zero-order chi connectivity index (χ0) is 22.7. The van der Waals surface area contributed by atoms with E-state index in [2.05, 4.69) is 0 Å². The van der Waals surface area contributed by atoms with Crippen LogP contribution in [0.3, 0.4) is 0 Å². The van der Waals surface area contributed by atoms with Crippen LogP contribution in [0.1, 0.15) is 26.3 Å². The second-order valence-electron chi connectivity index (χ2n) is 6.83. The summed E-state index contributed by atoms with van der Waals surface area (Å²) in [5.41, 5.74) is 1.42. The van der Waals surface area contributed by atoms with Crippen molar-refractivity contribution < 1.29 is 33.3 Å². The van der Waals surface area contributed by atoms with Crippen LogP contribution in [0.15, 0.2) is 66.4 Å². The fourth-order valence-corrected chi connectivity index (χ4v) is 3.24. The van der Waals surface area contributed by atoms with Gasteiger partial charge in [-0.25, -0.2) is 4.79 Å². The number of ketones is 1. The van der Waals surface area contributed by atoms with Crippen LogP contribution in [0.4, 0.5) is 0 Å². The summed E-state index contributed by atoms with van der Waals surface area (Å²) in [6.07, 6.45) is 1.60. The highest BCUT2D eigenvalue weighted by atomic mass is 16.5. The molecule has 7 nitrogen and oxygen atoms in total. The molecule has 1 aliphatic heterocycles. The second-order valence-corrected chi connectivity index (χ2v) is 6.83. The highest BCUT2D eigenvalue weighted by Gasteiger charge is 2.27. The molecule has 0 aromatic heterocycles. The first-order chi connectivity index (χ1) is 15.5. The van der Waals surface area contributed by atoms with E-state index in [9.17, 15) is 9.59 Å². The van der Waals surface area contributed by atoms with E-state index in [0.29, 0.717) is 45.4 Å². The molecular weight excluding hydrogens is 412 g/mol. The first-order valence-corrected chi connectivity index (χ1v) is 9.69. The van der Waals surface area contributed by atoms with Gasteiger partial charge in [-0.15, -0.1) is 0 Å². The largest absolute Gasteiger partial charge is 0.497 e. The Morgan fingerprint density at radius 3 is 2.41 bits per heavy atom. The number of hydrogen-bond donors (Lipinski definition) is 0. The summed E-state index contributed by atoms with van der Waals surface area (Å²) in [7, 11) is 4.55. The number of fused-ring (bicyclic) bond motifs is 1. The summed E-state index contributed by atoms with van der Waals surface area (Å²) in [5, 5.41) is 0. The van der Waals surface area contributed by atoms with Crippen molar-refractivity contribution in [1.82, 2.24) is 0 Å². The van der Waals surface area contributed by atoms with Gasteiger partial charge in [0.1, 0.15) is 17.2 Å². The molecule has 0 radical (unpaired) electrons. The molecule has 0 fully saturated rings. The molecule has 0 spiro atoms. The summed E-state index contributed by atoms with van der Waals surface area (Å²) in [4.78, 5) is 25.2. The van der Waals surface area contributed by atoms with E-state index >= 15 is 0 Å². The zero-order valence-electron chi connectivity index (χ0n) is 17.7. The SMILES string of the molecule is COc1ccc2c(c1)O/C(=C\c1cccc(OC(=O)c3ccc(OC)c(OC)c3)c1)C2=O. The van der Waals surface area contributed by atoms with Crippen molar-refractivity contribution in [3.8, 4) is 28.7 Å². The molecule has 0 saturated carbocycles. The lowest BCUT2D eigenvalue weighted by molar-refractivity contribution is 0.0734. The Kier molecular flexibility index (Phi) is 5.81. The van der Waals surface area contributed by atoms with Gasteiger partial charge in [0, 0.05) is 6.07 Å². The smallest absolute Gasteiger partial charge is 0.343 e. The Labute approximate surface area is 184 Å². The highest BCUT2D eigenvalue weighted by molar-refractivity contribution is 6.14. The molecule has 32 heavy (non-hydrogen) atoms. The molecule has 0 unspecified atom stereocenters. The second kappa shape index (κ2) is 8.85. The fraction of sp³-hybridized carbons (Fsp3) is 0.120. The summed E-state index contributed by atoms with van der Waals surface area (Å²) >= 11 is 0. The number of carbonyl (C=O) groups is 2. The molecule has 1 heterocycles. The molecule has 3 aromatic rings. The summed E-state index contributed by atoms with van der Waals surface area (Å²) in [6, 6.07) is 16.6. The maximum atomic E-state index is 12.6. The van der Waals surface area contributed by atoms with Crippen LogP contribution in [0.2, 0.25) is 0 Å².